The van der Waals surface area contributed by atoms with Crippen LogP contribution in [-0.4, -0.2) is 18.4 Å². The number of ether oxygens (including phenoxy) is 2. The third-order valence-corrected chi connectivity index (χ3v) is 4.83. The first-order chi connectivity index (χ1) is 12.0. The van der Waals surface area contributed by atoms with Gasteiger partial charge in [-0.1, -0.05) is 17.7 Å². The third kappa shape index (κ3) is 2.60. The molecule has 0 saturated carbocycles. The number of benzene rings is 2. The average Bonchev–Trinajstić information content (AvgIpc) is 2.57. The Morgan fingerprint density at radius 2 is 2.04 bits per heavy atom. The molecule has 1 saturated heterocycles. The molecule has 2 bridgehead atoms. The van der Waals surface area contributed by atoms with Gasteiger partial charge < -0.3 is 14.8 Å². The first-order valence-electron chi connectivity index (χ1n) is 8.63. The van der Waals surface area contributed by atoms with Gasteiger partial charge >= 0.3 is 6.03 Å². The summed E-state index contributed by atoms with van der Waals surface area (Å²) in [6.07, 6.45) is 0.697. The first-order valence-corrected chi connectivity index (χ1v) is 8.63. The number of nitrogens with zero attached hydrogens (tertiary/aromatic N) is 1. The Kier molecular flexibility index (Phi) is 3.60. The number of fused-ring (bicyclic) bond motifs is 4. The summed E-state index contributed by atoms with van der Waals surface area (Å²) >= 11 is 0. The maximum atomic E-state index is 12.8. The van der Waals surface area contributed by atoms with Crippen molar-refractivity contribution in [3.8, 4) is 11.5 Å². The molecule has 2 aliphatic heterocycles. The summed E-state index contributed by atoms with van der Waals surface area (Å²) in [5.74, 6) is 1.62. The molecule has 0 spiro atoms. The van der Waals surface area contributed by atoms with Gasteiger partial charge in [0.2, 0.25) is 0 Å². The van der Waals surface area contributed by atoms with Crippen LogP contribution in [-0.2, 0) is 0 Å². The molecule has 0 aromatic heterocycles. The Balaban J connectivity index is 1.71. The van der Waals surface area contributed by atoms with Crippen LogP contribution in [0.15, 0.2) is 42.5 Å². The Bertz CT molecular complexity index is 818. The molecule has 1 fully saturated rings. The van der Waals surface area contributed by atoms with Gasteiger partial charge in [-0.25, -0.2) is 4.79 Å². The number of carbonyl (C=O) groups is 1. The van der Waals surface area contributed by atoms with Gasteiger partial charge in [0, 0.05) is 17.7 Å². The van der Waals surface area contributed by atoms with E-state index in [1.807, 2.05) is 57.2 Å². The Hall–Kier alpha value is -2.69. The fourth-order valence-corrected chi connectivity index (χ4v) is 3.74. The zero-order valence-corrected chi connectivity index (χ0v) is 14.7. The van der Waals surface area contributed by atoms with Crippen molar-refractivity contribution in [3.63, 3.8) is 0 Å². The van der Waals surface area contributed by atoms with Gasteiger partial charge in [0.25, 0.3) is 0 Å². The summed E-state index contributed by atoms with van der Waals surface area (Å²) in [6, 6.07) is 13.5. The molecule has 25 heavy (non-hydrogen) atoms. The van der Waals surface area contributed by atoms with Crippen molar-refractivity contribution in [2.24, 2.45) is 0 Å². The number of nitrogens with one attached hydrogen (secondary N) is 1. The zero-order chi connectivity index (χ0) is 17.6. The van der Waals surface area contributed by atoms with Crippen LogP contribution in [0.3, 0.4) is 0 Å². The monoisotopic (exact) mass is 338 g/mol. The summed E-state index contributed by atoms with van der Waals surface area (Å²) in [7, 11) is 0. The SMILES string of the molecule is CCOc1ccc(N2C(=O)N[C@@H]3C[C@@]2(C)Oc2ccc(C)cc23)cc1. The molecule has 0 radical (unpaired) electrons. The van der Waals surface area contributed by atoms with E-state index in [-0.39, 0.29) is 12.1 Å². The molecule has 0 unspecified atom stereocenters. The second kappa shape index (κ2) is 5.69. The van der Waals surface area contributed by atoms with Gasteiger partial charge in [0.15, 0.2) is 5.72 Å². The molecular formula is C20H22N2O3. The fourth-order valence-electron chi connectivity index (χ4n) is 3.74. The molecule has 2 aromatic carbocycles. The van der Waals surface area contributed by atoms with Crippen LogP contribution in [0.4, 0.5) is 10.5 Å². The van der Waals surface area contributed by atoms with Crippen molar-refractivity contribution in [2.75, 3.05) is 11.5 Å². The van der Waals surface area contributed by atoms with Crippen molar-refractivity contribution in [2.45, 2.75) is 39.0 Å². The maximum Gasteiger partial charge on any atom is 0.325 e. The molecule has 2 amide bonds. The lowest BCUT2D eigenvalue weighted by Crippen LogP contribution is -2.65. The van der Waals surface area contributed by atoms with E-state index < -0.39 is 5.72 Å². The van der Waals surface area contributed by atoms with Gasteiger partial charge in [-0.2, -0.15) is 0 Å². The topological polar surface area (TPSA) is 50.8 Å². The minimum atomic E-state index is -0.720. The molecule has 4 rings (SSSR count). The predicted molar refractivity (Wildman–Crippen MR) is 96.2 cm³/mol. The average molecular weight is 338 g/mol. The molecule has 0 aliphatic carbocycles. The van der Waals surface area contributed by atoms with E-state index in [4.69, 9.17) is 9.47 Å². The molecular weight excluding hydrogens is 316 g/mol. The number of urea groups is 1. The lowest BCUT2D eigenvalue weighted by Gasteiger charge is -2.50. The highest BCUT2D eigenvalue weighted by Crippen LogP contribution is 2.45. The van der Waals surface area contributed by atoms with Gasteiger partial charge in [0.1, 0.15) is 11.5 Å². The minimum absolute atomic E-state index is 0.0277. The van der Waals surface area contributed by atoms with Gasteiger partial charge in [0.05, 0.1) is 12.6 Å². The van der Waals surface area contributed by atoms with Crippen molar-refractivity contribution < 1.29 is 14.3 Å². The summed E-state index contributed by atoms with van der Waals surface area (Å²) in [4.78, 5) is 14.5. The molecule has 1 N–H and O–H groups in total. The fraction of sp³-hybridized carbons (Fsp3) is 0.350. The number of hydrogen-bond donors (Lipinski definition) is 1. The molecule has 2 aliphatic rings. The van der Waals surface area contributed by atoms with E-state index >= 15 is 0 Å². The Labute approximate surface area is 147 Å². The number of rotatable bonds is 3. The Morgan fingerprint density at radius 1 is 1.28 bits per heavy atom. The normalized spacial score (nSPS) is 24.2. The van der Waals surface area contributed by atoms with E-state index in [1.54, 1.807) is 4.90 Å². The first kappa shape index (κ1) is 15.8. The quantitative estimate of drug-likeness (QED) is 0.914. The molecule has 2 heterocycles. The van der Waals surface area contributed by atoms with Crippen molar-refractivity contribution in [3.05, 3.63) is 53.6 Å². The van der Waals surface area contributed by atoms with Crippen LogP contribution in [0.25, 0.3) is 0 Å². The maximum absolute atomic E-state index is 12.8. The third-order valence-electron chi connectivity index (χ3n) is 4.83. The highest BCUT2D eigenvalue weighted by molar-refractivity contribution is 5.95. The minimum Gasteiger partial charge on any atom is -0.494 e. The molecule has 2 aromatic rings. The largest absolute Gasteiger partial charge is 0.494 e. The van der Waals surface area contributed by atoms with E-state index in [1.165, 1.54) is 0 Å². The number of carbonyl (C=O) groups excluding carboxylic acids is 1. The van der Waals surface area contributed by atoms with Crippen LogP contribution >= 0.6 is 0 Å². The van der Waals surface area contributed by atoms with E-state index in [0.717, 1.165) is 28.3 Å². The predicted octanol–water partition coefficient (Wildman–Crippen LogP) is 4.16. The highest BCUT2D eigenvalue weighted by atomic mass is 16.5. The summed E-state index contributed by atoms with van der Waals surface area (Å²) in [5, 5.41) is 3.12. The lowest BCUT2D eigenvalue weighted by molar-refractivity contribution is 0.0378. The number of amides is 2. The summed E-state index contributed by atoms with van der Waals surface area (Å²) in [6.45, 7) is 6.58. The van der Waals surface area contributed by atoms with Crippen LogP contribution < -0.4 is 19.7 Å². The van der Waals surface area contributed by atoms with Crippen LogP contribution in [0.1, 0.15) is 37.4 Å². The summed E-state index contributed by atoms with van der Waals surface area (Å²) < 4.78 is 11.8. The second-order valence-electron chi connectivity index (χ2n) is 6.79. The Morgan fingerprint density at radius 3 is 2.76 bits per heavy atom. The van der Waals surface area contributed by atoms with Gasteiger partial charge in [-0.05, 0) is 51.1 Å². The van der Waals surface area contributed by atoms with E-state index in [0.29, 0.717) is 13.0 Å². The molecule has 5 heteroatoms. The van der Waals surface area contributed by atoms with Gasteiger partial charge in [-0.3, -0.25) is 4.90 Å². The van der Waals surface area contributed by atoms with Crippen LogP contribution in [0, 0.1) is 6.92 Å². The number of hydrogen-bond acceptors (Lipinski definition) is 3. The number of anilines is 1. The molecule has 5 nitrogen and oxygen atoms in total. The van der Waals surface area contributed by atoms with Crippen molar-refractivity contribution in [1.29, 1.82) is 0 Å². The lowest BCUT2D eigenvalue weighted by atomic mass is 9.89. The van der Waals surface area contributed by atoms with Crippen molar-refractivity contribution in [1.82, 2.24) is 5.32 Å². The second-order valence-corrected chi connectivity index (χ2v) is 6.79. The van der Waals surface area contributed by atoms with Crippen LogP contribution in [0.5, 0.6) is 11.5 Å². The zero-order valence-electron chi connectivity index (χ0n) is 14.7. The summed E-state index contributed by atoms with van der Waals surface area (Å²) in [5.41, 5.74) is 2.28. The molecule has 130 valence electrons. The van der Waals surface area contributed by atoms with Crippen LogP contribution in [0.2, 0.25) is 0 Å². The highest BCUT2D eigenvalue weighted by Gasteiger charge is 2.49. The number of aryl methyl sites for hydroxylation is 1. The van der Waals surface area contributed by atoms with Crippen molar-refractivity contribution >= 4 is 11.7 Å². The van der Waals surface area contributed by atoms with Gasteiger partial charge in [-0.15, -0.1) is 0 Å². The molecule has 2 atom stereocenters. The standard InChI is InChI=1S/C20H22N2O3/c1-4-24-15-8-6-14(7-9-15)22-19(23)21-17-12-20(22,3)25-18-10-5-13(2)11-16(17)18/h5-11,17H,4,12H2,1-3H3,(H,21,23)/t17-,20-/m1/s1. The van der Waals surface area contributed by atoms with E-state index in [9.17, 15) is 4.79 Å². The smallest absolute Gasteiger partial charge is 0.325 e. The van der Waals surface area contributed by atoms with E-state index in [2.05, 4.69) is 11.4 Å².